The first-order chi connectivity index (χ1) is 14.0. The summed E-state index contributed by atoms with van der Waals surface area (Å²) in [6.45, 7) is 5.60. The summed E-state index contributed by atoms with van der Waals surface area (Å²) in [6.07, 6.45) is 0. The number of carbonyl (C=O) groups excluding carboxylic acids is 3. The van der Waals surface area contributed by atoms with Gasteiger partial charge >= 0.3 is 186 Å². The fourth-order valence-corrected chi connectivity index (χ4v) is 7.16. The zero-order valence-electron chi connectivity index (χ0n) is 16.9. The number of benzene rings is 3. The number of hydrogen-bond donors (Lipinski definition) is 0. The molecule has 3 aromatic carbocycles. The van der Waals surface area contributed by atoms with Crippen molar-refractivity contribution in [3.63, 3.8) is 0 Å². The van der Waals surface area contributed by atoms with Crippen LogP contribution in [0.25, 0.3) is 0 Å². The molecule has 154 valence electrons. The van der Waals surface area contributed by atoms with Crippen LogP contribution in [0.15, 0.2) is 72.8 Å². The van der Waals surface area contributed by atoms with Crippen molar-refractivity contribution in [1.82, 2.24) is 0 Å². The van der Waals surface area contributed by atoms with E-state index in [9.17, 15) is 14.4 Å². The number of carbonyl (C=O) groups is 3. The first kappa shape index (κ1) is 22.4. The van der Waals surface area contributed by atoms with Crippen molar-refractivity contribution in [1.29, 1.82) is 0 Å². The van der Waals surface area contributed by atoms with Crippen LogP contribution in [0, 0.1) is 20.8 Å². The molecule has 0 aliphatic rings. The van der Waals surface area contributed by atoms with Crippen LogP contribution in [0.3, 0.4) is 0 Å². The zero-order chi connectivity index (χ0) is 22.1. The molecule has 0 aromatic heterocycles. The Morgan fingerprint density at radius 2 is 0.700 bits per heavy atom. The van der Waals surface area contributed by atoms with Crippen LogP contribution in [0.4, 0.5) is 0 Å². The Balaban J connectivity index is 2.23. The summed E-state index contributed by atoms with van der Waals surface area (Å²) in [5, 5.41) is -5.32. The van der Waals surface area contributed by atoms with Crippen molar-refractivity contribution >= 4 is 44.4 Å². The number of halogens is 2. The van der Waals surface area contributed by atoms with Crippen molar-refractivity contribution in [3.05, 3.63) is 106 Å². The second-order valence-electron chi connectivity index (χ2n) is 7.42. The predicted octanol–water partition coefficient (Wildman–Crippen LogP) is 7.29. The van der Waals surface area contributed by atoms with Crippen LogP contribution in [0.2, 0.25) is 0 Å². The molecule has 0 bridgehead atoms. The van der Waals surface area contributed by atoms with Gasteiger partial charge in [0.25, 0.3) is 0 Å². The Morgan fingerprint density at radius 3 is 0.900 bits per heavy atom. The fraction of sp³-hybridized carbons (Fsp3) is 0.125. The summed E-state index contributed by atoms with van der Waals surface area (Å²) in [7, 11) is 0. The fourth-order valence-electron chi connectivity index (χ4n) is 3.05. The van der Waals surface area contributed by atoms with E-state index in [0.717, 1.165) is 16.7 Å². The molecule has 0 aliphatic heterocycles. The van der Waals surface area contributed by atoms with Gasteiger partial charge in [0.1, 0.15) is 0 Å². The van der Waals surface area contributed by atoms with Crippen LogP contribution in [-0.4, -0.2) is 16.6 Å². The van der Waals surface area contributed by atoms with Gasteiger partial charge in [-0.3, -0.25) is 0 Å². The minimum absolute atomic E-state index is 0.129. The van der Waals surface area contributed by atoms with Gasteiger partial charge in [-0.2, -0.15) is 0 Å². The summed E-state index contributed by atoms with van der Waals surface area (Å²) in [5.41, 5.74) is 0.612. The Hall–Kier alpha value is -2.32. The van der Waals surface area contributed by atoms with Crippen LogP contribution in [0.5, 0.6) is 0 Å². The van der Waals surface area contributed by atoms with Gasteiger partial charge in [-0.05, 0) is 0 Å². The summed E-state index contributed by atoms with van der Waals surface area (Å²) in [6, 6.07) is 19.5. The molecular weight excluding hydrogens is 438 g/mol. The van der Waals surface area contributed by atoms with E-state index in [1.807, 2.05) is 20.8 Å². The molecule has 0 aliphatic carbocycles. The standard InChI is InChI=1S/C24H21Cl2O3P/c1-16-4-10-19(11-5-16)22(27)30(25,26,23(28)20-12-6-17(2)7-13-20)24(29)21-14-8-18(3)9-15-21/h4-15H,1-3H3. The van der Waals surface area contributed by atoms with E-state index in [-0.39, 0.29) is 16.7 Å². The molecule has 0 amide bonds. The average Bonchev–Trinajstić information content (AvgIpc) is 2.74. The number of aryl methyl sites for hydroxylation is 3. The molecular formula is C24H21Cl2O3P. The van der Waals surface area contributed by atoms with E-state index >= 15 is 0 Å². The van der Waals surface area contributed by atoms with E-state index < -0.39 is 21.9 Å². The molecule has 0 heterocycles. The van der Waals surface area contributed by atoms with E-state index in [1.165, 1.54) is 36.4 Å². The molecule has 6 heteroatoms. The molecule has 0 saturated carbocycles. The number of hydrogen-bond acceptors (Lipinski definition) is 3. The molecule has 0 N–H and O–H groups in total. The summed E-state index contributed by atoms with van der Waals surface area (Å²) in [4.78, 5) is 40.8. The predicted molar refractivity (Wildman–Crippen MR) is 125 cm³/mol. The molecule has 0 saturated heterocycles. The molecule has 30 heavy (non-hydrogen) atoms. The van der Waals surface area contributed by atoms with Crippen molar-refractivity contribution < 1.29 is 14.4 Å². The van der Waals surface area contributed by atoms with Crippen LogP contribution < -0.4 is 0 Å². The first-order valence-corrected chi connectivity index (χ1v) is 13.4. The minimum atomic E-state index is -5.32. The summed E-state index contributed by atoms with van der Waals surface area (Å²) < 4.78 is 0. The Kier molecular flexibility index (Phi) is 6.02. The van der Waals surface area contributed by atoms with E-state index in [2.05, 4.69) is 0 Å². The van der Waals surface area contributed by atoms with Crippen LogP contribution in [-0.2, 0) is 0 Å². The normalized spacial score (nSPS) is 12.6. The third-order valence-corrected chi connectivity index (χ3v) is 10.6. The monoisotopic (exact) mass is 458 g/mol. The van der Waals surface area contributed by atoms with E-state index in [4.69, 9.17) is 22.5 Å². The third-order valence-electron chi connectivity index (χ3n) is 4.97. The Bertz CT molecular complexity index is 986. The third kappa shape index (κ3) is 3.86. The van der Waals surface area contributed by atoms with Gasteiger partial charge in [-0.1, -0.05) is 0 Å². The Morgan fingerprint density at radius 1 is 0.500 bits per heavy atom. The Labute approximate surface area is 185 Å². The molecule has 0 radical (unpaired) electrons. The molecule has 3 aromatic rings. The van der Waals surface area contributed by atoms with E-state index in [0.29, 0.717) is 0 Å². The van der Waals surface area contributed by atoms with Crippen molar-refractivity contribution in [3.8, 4) is 0 Å². The van der Waals surface area contributed by atoms with Crippen molar-refractivity contribution in [2.24, 2.45) is 0 Å². The van der Waals surface area contributed by atoms with Gasteiger partial charge < -0.3 is 0 Å². The topological polar surface area (TPSA) is 51.2 Å². The van der Waals surface area contributed by atoms with Gasteiger partial charge in [0.15, 0.2) is 0 Å². The van der Waals surface area contributed by atoms with Gasteiger partial charge in [0.2, 0.25) is 0 Å². The summed E-state index contributed by atoms with van der Waals surface area (Å²) in [5.74, 6) is 0. The van der Waals surface area contributed by atoms with Gasteiger partial charge in [-0.15, -0.1) is 0 Å². The summed E-state index contributed by atoms with van der Waals surface area (Å²) >= 11 is 13.6. The molecule has 0 fully saturated rings. The van der Waals surface area contributed by atoms with Crippen LogP contribution in [0.1, 0.15) is 47.8 Å². The molecule has 0 atom stereocenters. The van der Waals surface area contributed by atoms with Crippen LogP contribution >= 0.6 is 27.8 Å². The van der Waals surface area contributed by atoms with Gasteiger partial charge in [-0.25, -0.2) is 0 Å². The maximum atomic E-state index is 13.6. The van der Waals surface area contributed by atoms with E-state index in [1.54, 1.807) is 36.4 Å². The molecule has 0 unspecified atom stereocenters. The van der Waals surface area contributed by atoms with Crippen molar-refractivity contribution in [2.75, 3.05) is 0 Å². The van der Waals surface area contributed by atoms with Gasteiger partial charge in [0, 0.05) is 0 Å². The number of rotatable bonds is 6. The zero-order valence-corrected chi connectivity index (χ0v) is 19.3. The average molecular weight is 459 g/mol. The molecule has 0 spiro atoms. The SMILES string of the molecule is Cc1ccc(C(=O)P(Cl)(Cl)(C(=O)c2ccc(C)cc2)C(=O)c2ccc(C)cc2)cc1. The second kappa shape index (κ2) is 8.07. The first-order valence-electron chi connectivity index (χ1n) is 9.34. The maximum absolute atomic E-state index is 13.6. The molecule has 3 rings (SSSR count). The molecule has 3 nitrogen and oxygen atoms in total. The quantitative estimate of drug-likeness (QED) is 0.364. The second-order valence-corrected chi connectivity index (χ2v) is 15.0. The van der Waals surface area contributed by atoms with Gasteiger partial charge in [0.05, 0.1) is 0 Å². The van der Waals surface area contributed by atoms with Crippen molar-refractivity contribution in [2.45, 2.75) is 20.8 Å².